The van der Waals surface area contributed by atoms with Crippen LogP contribution in [0.1, 0.15) is 45.1 Å². The van der Waals surface area contributed by atoms with Crippen molar-refractivity contribution in [1.29, 1.82) is 0 Å². The lowest BCUT2D eigenvalue weighted by Gasteiger charge is -2.35. The number of likely N-dealkylation sites (tertiary alicyclic amines) is 1. The van der Waals surface area contributed by atoms with Gasteiger partial charge in [0.25, 0.3) is 0 Å². The maximum Gasteiger partial charge on any atom is 0.245 e. The summed E-state index contributed by atoms with van der Waals surface area (Å²) in [4.78, 5) is 28.0. The van der Waals surface area contributed by atoms with Gasteiger partial charge in [-0.05, 0) is 69.3 Å². The van der Waals surface area contributed by atoms with Crippen molar-refractivity contribution >= 4 is 17.5 Å². The molecule has 2 atom stereocenters. The Labute approximate surface area is 203 Å². The van der Waals surface area contributed by atoms with Crippen LogP contribution in [0, 0.1) is 5.92 Å². The number of hydrogen-bond donors (Lipinski definition) is 3. The molecule has 0 spiro atoms. The first-order chi connectivity index (χ1) is 16.3. The fraction of sp³-hybridized carbons (Fsp3) is 0.429. The van der Waals surface area contributed by atoms with E-state index < -0.39 is 11.6 Å². The lowest BCUT2D eigenvalue weighted by molar-refractivity contribution is -0.138. The van der Waals surface area contributed by atoms with Gasteiger partial charge in [0.05, 0.1) is 0 Å². The van der Waals surface area contributed by atoms with E-state index in [1.807, 2.05) is 67.4 Å². The Balaban J connectivity index is 1.63. The Hall–Kier alpha value is -3.12. The Kier molecular flexibility index (Phi) is 9.28. The van der Waals surface area contributed by atoms with Crippen LogP contribution in [0.4, 0.5) is 5.69 Å². The normalized spacial score (nSPS) is 17.4. The maximum absolute atomic E-state index is 13.5. The summed E-state index contributed by atoms with van der Waals surface area (Å²) >= 11 is 0. The molecule has 2 aromatic carbocycles. The van der Waals surface area contributed by atoms with E-state index in [0.717, 1.165) is 31.5 Å². The number of carbonyl (C=O) groups is 2. The van der Waals surface area contributed by atoms with Crippen LogP contribution in [0.5, 0.6) is 0 Å². The van der Waals surface area contributed by atoms with E-state index in [2.05, 4.69) is 34.9 Å². The van der Waals surface area contributed by atoms with E-state index in [1.54, 1.807) is 0 Å². The van der Waals surface area contributed by atoms with Crippen molar-refractivity contribution in [2.24, 2.45) is 11.7 Å². The second-order valence-corrected chi connectivity index (χ2v) is 9.92. The average Bonchev–Trinajstić information content (AvgIpc) is 2.81. The van der Waals surface area contributed by atoms with Crippen LogP contribution in [0.2, 0.25) is 0 Å². The number of amides is 2. The molecule has 1 saturated heterocycles. The number of carbonyl (C=O) groups excluding carboxylic acids is 2. The lowest BCUT2D eigenvalue weighted by atomic mass is 9.91. The molecule has 0 radical (unpaired) electrons. The topological polar surface area (TPSA) is 87.5 Å². The summed E-state index contributed by atoms with van der Waals surface area (Å²) in [7, 11) is 0. The highest BCUT2D eigenvalue weighted by atomic mass is 16.2. The molecule has 1 unspecified atom stereocenters. The molecule has 2 amide bonds. The zero-order valence-electron chi connectivity index (χ0n) is 20.4. The van der Waals surface area contributed by atoms with Crippen LogP contribution in [-0.4, -0.2) is 41.4 Å². The van der Waals surface area contributed by atoms with E-state index in [4.69, 9.17) is 5.73 Å². The summed E-state index contributed by atoms with van der Waals surface area (Å²) in [5, 5.41) is 6.15. The standard InChI is InChI=1S/C28H38N4O2/c1-28(2,29)20-26(33)31-25(16-9-17-30-24-14-7-4-8-15-24)27(34)32-18-10-13-23(21-32)19-22-11-5-3-6-12-22/h3-9,11-12,14-15,17,23,25,30H,10,13,16,18-21,29H2,1-2H3,(H,31,33)/b17-9+/t23?,25-/m1/s1. The lowest BCUT2D eigenvalue weighted by Crippen LogP contribution is -2.52. The Morgan fingerprint density at radius 2 is 1.79 bits per heavy atom. The van der Waals surface area contributed by atoms with Crippen LogP contribution in [0.3, 0.4) is 0 Å². The fourth-order valence-electron chi connectivity index (χ4n) is 4.37. The molecule has 0 saturated carbocycles. The first-order valence-electron chi connectivity index (χ1n) is 12.2. The molecule has 0 bridgehead atoms. The van der Waals surface area contributed by atoms with E-state index in [-0.39, 0.29) is 18.2 Å². The molecule has 1 aliphatic heterocycles. The minimum absolute atomic E-state index is 0.0229. The number of benzene rings is 2. The molecular weight excluding hydrogens is 424 g/mol. The second kappa shape index (κ2) is 12.4. The molecule has 6 nitrogen and oxygen atoms in total. The molecule has 0 aliphatic carbocycles. The van der Waals surface area contributed by atoms with Crippen LogP contribution in [-0.2, 0) is 16.0 Å². The van der Waals surface area contributed by atoms with Crippen molar-refractivity contribution in [2.75, 3.05) is 18.4 Å². The van der Waals surface area contributed by atoms with Gasteiger partial charge in [-0.15, -0.1) is 0 Å². The summed E-state index contributed by atoms with van der Waals surface area (Å²) < 4.78 is 0. The number of nitrogens with one attached hydrogen (secondary N) is 2. The largest absolute Gasteiger partial charge is 0.362 e. The first-order valence-corrected chi connectivity index (χ1v) is 12.2. The molecule has 34 heavy (non-hydrogen) atoms. The van der Waals surface area contributed by atoms with Crippen molar-refractivity contribution in [3.63, 3.8) is 0 Å². The molecule has 1 fully saturated rings. The third kappa shape index (κ3) is 8.67. The molecule has 182 valence electrons. The number of hydrogen-bond acceptors (Lipinski definition) is 4. The van der Waals surface area contributed by atoms with Crippen molar-refractivity contribution in [3.8, 4) is 0 Å². The van der Waals surface area contributed by atoms with Gasteiger partial charge in [0, 0.05) is 30.7 Å². The number of rotatable bonds is 10. The summed E-state index contributed by atoms with van der Waals surface area (Å²) in [5.41, 5.74) is 7.66. The molecule has 2 aromatic rings. The highest BCUT2D eigenvalue weighted by Crippen LogP contribution is 2.22. The molecular formula is C28H38N4O2. The van der Waals surface area contributed by atoms with Crippen molar-refractivity contribution in [1.82, 2.24) is 10.2 Å². The smallest absolute Gasteiger partial charge is 0.245 e. The van der Waals surface area contributed by atoms with Crippen molar-refractivity contribution in [3.05, 3.63) is 78.5 Å². The Bertz CT molecular complexity index is 938. The average molecular weight is 463 g/mol. The third-order valence-corrected chi connectivity index (χ3v) is 5.96. The van der Waals surface area contributed by atoms with Crippen LogP contribution < -0.4 is 16.4 Å². The maximum atomic E-state index is 13.5. The van der Waals surface area contributed by atoms with E-state index in [9.17, 15) is 9.59 Å². The minimum atomic E-state index is -0.631. The SMILES string of the molecule is CC(C)(N)CC(=O)N[C@H](C/C=C/Nc1ccccc1)C(=O)N1CCCC(Cc2ccccc2)C1. The highest BCUT2D eigenvalue weighted by Gasteiger charge is 2.30. The predicted octanol–water partition coefficient (Wildman–Crippen LogP) is 4.10. The summed E-state index contributed by atoms with van der Waals surface area (Å²) in [5.74, 6) is 0.202. The number of para-hydroxylation sites is 1. The second-order valence-electron chi connectivity index (χ2n) is 9.92. The molecule has 6 heteroatoms. The van der Waals surface area contributed by atoms with Crippen LogP contribution >= 0.6 is 0 Å². The summed E-state index contributed by atoms with van der Waals surface area (Å²) in [6.07, 6.45) is 7.35. The first kappa shape index (κ1) is 25.5. The number of piperidine rings is 1. The van der Waals surface area contributed by atoms with Crippen LogP contribution in [0.25, 0.3) is 0 Å². The monoisotopic (exact) mass is 462 g/mol. The number of nitrogens with zero attached hydrogens (tertiary/aromatic N) is 1. The van der Waals surface area contributed by atoms with Gasteiger partial charge in [0.15, 0.2) is 0 Å². The number of nitrogens with two attached hydrogens (primary N) is 1. The Morgan fingerprint density at radius 1 is 1.12 bits per heavy atom. The molecule has 0 aromatic heterocycles. The number of anilines is 1. The molecule has 1 aliphatic rings. The van der Waals surface area contributed by atoms with Gasteiger partial charge in [0.1, 0.15) is 6.04 Å². The van der Waals surface area contributed by atoms with E-state index in [0.29, 0.717) is 18.9 Å². The summed E-state index contributed by atoms with van der Waals surface area (Å²) in [6.45, 7) is 5.07. The van der Waals surface area contributed by atoms with Gasteiger partial charge >= 0.3 is 0 Å². The van der Waals surface area contributed by atoms with Gasteiger partial charge < -0.3 is 21.3 Å². The molecule has 3 rings (SSSR count). The van der Waals surface area contributed by atoms with Gasteiger partial charge in [-0.2, -0.15) is 0 Å². The van der Waals surface area contributed by atoms with Crippen LogP contribution in [0.15, 0.2) is 72.9 Å². The zero-order chi connectivity index (χ0) is 24.4. The summed E-state index contributed by atoms with van der Waals surface area (Å²) in [6, 6.07) is 19.6. The quantitative estimate of drug-likeness (QED) is 0.496. The third-order valence-electron chi connectivity index (χ3n) is 5.96. The Morgan fingerprint density at radius 3 is 2.47 bits per heavy atom. The van der Waals surface area contributed by atoms with Gasteiger partial charge in [-0.25, -0.2) is 0 Å². The van der Waals surface area contributed by atoms with Crippen molar-refractivity contribution < 1.29 is 9.59 Å². The highest BCUT2D eigenvalue weighted by molar-refractivity contribution is 5.88. The minimum Gasteiger partial charge on any atom is -0.362 e. The molecule has 1 heterocycles. The fourth-order valence-corrected chi connectivity index (χ4v) is 4.37. The molecule has 4 N–H and O–H groups in total. The van der Waals surface area contributed by atoms with E-state index >= 15 is 0 Å². The van der Waals surface area contributed by atoms with Gasteiger partial charge in [-0.3, -0.25) is 9.59 Å². The van der Waals surface area contributed by atoms with E-state index in [1.165, 1.54) is 5.56 Å². The van der Waals surface area contributed by atoms with Gasteiger partial charge in [0.2, 0.25) is 11.8 Å². The predicted molar refractivity (Wildman–Crippen MR) is 138 cm³/mol. The van der Waals surface area contributed by atoms with Gasteiger partial charge in [-0.1, -0.05) is 54.6 Å². The van der Waals surface area contributed by atoms with Crippen molar-refractivity contribution in [2.45, 2.75) is 57.5 Å². The zero-order valence-corrected chi connectivity index (χ0v) is 20.4.